The number of aromatic amines is 2. The lowest BCUT2D eigenvalue weighted by molar-refractivity contribution is 0.994. The normalized spacial score (nSPS) is 11.4. The topological polar surface area (TPSA) is 66.5 Å². The molecule has 4 aromatic rings. The first kappa shape index (κ1) is 10.1. The van der Waals surface area contributed by atoms with Crippen LogP contribution in [0.15, 0.2) is 53.5 Å². The Bertz CT molecular complexity index is 931. The highest BCUT2D eigenvalue weighted by Crippen LogP contribution is 2.28. The summed E-state index contributed by atoms with van der Waals surface area (Å²) in [6.07, 6.45) is 1.69. The van der Waals surface area contributed by atoms with Gasteiger partial charge in [-0.15, -0.1) is 0 Å². The molecule has 3 aromatic heterocycles. The quantitative estimate of drug-likeness (QED) is 0.544. The van der Waals surface area contributed by atoms with E-state index in [2.05, 4.69) is 15.2 Å². The van der Waals surface area contributed by atoms with Crippen molar-refractivity contribution in [2.45, 2.75) is 0 Å². The van der Waals surface area contributed by atoms with Crippen molar-refractivity contribution in [2.24, 2.45) is 0 Å². The van der Waals surface area contributed by atoms with Gasteiger partial charge in [-0.2, -0.15) is 5.10 Å². The Morgan fingerprint density at radius 1 is 1.00 bits per heavy atom. The van der Waals surface area contributed by atoms with Gasteiger partial charge in [-0.1, -0.05) is 18.2 Å². The monoisotopic (exact) mass is 250 g/mol. The van der Waals surface area contributed by atoms with Crippen LogP contribution in [0.5, 0.6) is 0 Å². The Kier molecular flexibility index (Phi) is 1.91. The summed E-state index contributed by atoms with van der Waals surface area (Å²) in [5, 5.41) is 9.03. The van der Waals surface area contributed by atoms with Gasteiger partial charge in [-0.25, -0.2) is 0 Å². The number of benzene rings is 1. The molecule has 0 saturated heterocycles. The molecule has 2 N–H and O–H groups in total. The van der Waals surface area contributed by atoms with Gasteiger partial charge in [0.1, 0.15) is 11.5 Å². The van der Waals surface area contributed by atoms with Gasteiger partial charge in [0.2, 0.25) is 5.56 Å². The number of aromatic nitrogens is 4. The van der Waals surface area contributed by atoms with Crippen molar-refractivity contribution >= 4 is 21.9 Å². The lowest BCUT2D eigenvalue weighted by Gasteiger charge is -2.02. The highest BCUT2D eigenvalue weighted by molar-refractivity contribution is 6.07. The number of H-pyrrole nitrogens is 2. The first-order chi connectivity index (χ1) is 9.34. The van der Waals surface area contributed by atoms with Crippen LogP contribution in [0.2, 0.25) is 0 Å². The summed E-state index contributed by atoms with van der Waals surface area (Å²) in [7, 11) is 0. The second kappa shape index (κ2) is 3.58. The summed E-state index contributed by atoms with van der Waals surface area (Å²) in [4.78, 5) is 14.5. The third-order valence-electron chi connectivity index (χ3n) is 3.28. The molecule has 0 saturated carbocycles. The van der Waals surface area contributed by atoms with E-state index in [1.54, 1.807) is 12.3 Å². The van der Waals surface area contributed by atoms with Gasteiger partial charge in [-0.05, 0) is 12.1 Å². The van der Waals surface area contributed by atoms with Gasteiger partial charge in [0.15, 0.2) is 0 Å². The second-order valence-corrected chi connectivity index (χ2v) is 4.38. The van der Waals surface area contributed by atoms with Crippen LogP contribution < -0.4 is 5.56 Å². The molecule has 4 rings (SSSR count). The number of rotatable bonds is 1. The summed E-state index contributed by atoms with van der Waals surface area (Å²) < 4.78 is 1.97. The summed E-state index contributed by atoms with van der Waals surface area (Å²) in [5.41, 5.74) is 1.69. The fourth-order valence-electron chi connectivity index (χ4n) is 2.50. The van der Waals surface area contributed by atoms with E-state index in [4.69, 9.17) is 0 Å². The molecule has 0 atom stereocenters. The maximum Gasteiger partial charge on any atom is 0.249 e. The van der Waals surface area contributed by atoms with Crippen molar-refractivity contribution in [1.82, 2.24) is 19.7 Å². The van der Waals surface area contributed by atoms with Gasteiger partial charge in [0.05, 0.1) is 11.7 Å². The lowest BCUT2D eigenvalue weighted by Crippen LogP contribution is -2.05. The Morgan fingerprint density at radius 3 is 2.74 bits per heavy atom. The molecule has 0 unspecified atom stereocenters. The van der Waals surface area contributed by atoms with Crippen molar-refractivity contribution < 1.29 is 0 Å². The molecule has 3 heterocycles. The highest BCUT2D eigenvalue weighted by atomic mass is 16.1. The molecule has 0 bridgehead atoms. The Balaban J connectivity index is 2.30. The van der Waals surface area contributed by atoms with Crippen LogP contribution in [0.4, 0.5) is 0 Å². The van der Waals surface area contributed by atoms with Crippen LogP contribution in [0, 0.1) is 0 Å². The lowest BCUT2D eigenvalue weighted by atomic mass is 10.2. The van der Waals surface area contributed by atoms with Crippen molar-refractivity contribution in [2.75, 3.05) is 0 Å². The van der Waals surface area contributed by atoms with Crippen LogP contribution in [-0.4, -0.2) is 19.7 Å². The van der Waals surface area contributed by atoms with E-state index in [0.29, 0.717) is 0 Å². The van der Waals surface area contributed by atoms with Crippen molar-refractivity contribution in [3.05, 3.63) is 59.0 Å². The number of nitrogens with one attached hydrogen (secondary N) is 2. The molecule has 92 valence electrons. The zero-order chi connectivity index (χ0) is 12.8. The number of hydrogen-bond donors (Lipinski definition) is 2. The molecule has 0 aliphatic rings. The molecule has 1 aromatic carbocycles. The van der Waals surface area contributed by atoms with Gasteiger partial charge < -0.3 is 4.98 Å². The molecule has 19 heavy (non-hydrogen) atoms. The number of fused-ring (bicyclic) bond motifs is 3. The van der Waals surface area contributed by atoms with Crippen molar-refractivity contribution in [1.29, 1.82) is 0 Å². The van der Waals surface area contributed by atoms with E-state index >= 15 is 0 Å². The maximum absolute atomic E-state index is 11.6. The summed E-state index contributed by atoms with van der Waals surface area (Å²) in [6, 6.07) is 13.3. The summed E-state index contributed by atoms with van der Waals surface area (Å²) >= 11 is 0. The largest absolute Gasteiger partial charge is 0.308 e. The first-order valence-electron chi connectivity index (χ1n) is 5.97. The van der Waals surface area contributed by atoms with E-state index in [0.717, 1.165) is 27.8 Å². The van der Waals surface area contributed by atoms with Gasteiger partial charge in [0, 0.05) is 22.9 Å². The molecule has 5 heteroatoms. The second-order valence-electron chi connectivity index (χ2n) is 4.38. The standard InChI is InChI=1S/C14H10N4O/c19-13-6-5-10-9-3-1-2-4-11(9)18(14(10)16-13)12-7-8-15-17-12/h1-8H,(H,15,17)(H,16,19). The fraction of sp³-hybridized carbons (Fsp3) is 0. The molecular weight excluding hydrogens is 240 g/mol. The average molecular weight is 250 g/mol. The van der Waals surface area contributed by atoms with Crippen LogP contribution >= 0.6 is 0 Å². The minimum absolute atomic E-state index is 0.115. The van der Waals surface area contributed by atoms with E-state index in [1.165, 1.54) is 0 Å². The van der Waals surface area contributed by atoms with Crippen LogP contribution in [0.1, 0.15) is 0 Å². The van der Waals surface area contributed by atoms with E-state index < -0.39 is 0 Å². The maximum atomic E-state index is 11.6. The summed E-state index contributed by atoms with van der Waals surface area (Å²) in [6.45, 7) is 0. The van der Waals surface area contributed by atoms with E-state index in [1.807, 2.05) is 41.0 Å². The van der Waals surface area contributed by atoms with Gasteiger partial charge in [-0.3, -0.25) is 14.5 Å². The molecule has 0 aliphatic carbocycles. The zero-order valence-corrected chi connectivity index (χ0v) is 9.92. The number of pyridine rings is 1. The van der Waals surface area contributed by atoms with E-state index in [-0.39, 0.29) is 5.56 Å². The van der Waals surface area contributed by atoms with Gasteiger partial charge >= 0.3 is 0 Å². The minimum Gasteiger partial charge on any atom is -0.308 e. The van der Waals surface area contributed by atoms with Crippen LogP contribution in [0.3, 0.4) is 0 Å². The number of para-hydroxylation sites is 1. The number of hydrogen-bond acceptors (Lipinski definition) is 2. The zero-order valence-electron chi connectivity index (χ0n) is 9.92. The third-order valence-corrected chi connectivity index (χ3v) is 3.28. The number of nitrogens with zero attached hydrogens (tertiary/aromatic N) is 2. The van der Waals surface area contributed by atoms with E-state index in [9.17, 15) is 4.79 Å². The first-order valence-corrected chi connectivity index (χ1v) is 5.97. The Morgan fingerprint density at radius 2 is 1.89 bits per heavy atom. The SMILES string of the molecule is O=c1ccc2c3ccccc3n(-c3ccn[nH]3)c2[nH]1. The predicted molar refractivity (Wildman–Crippen MR) is 73.5 cm³/mol. The summed E-state index contributed by atoms with van der Waals surface area (Å²) in [5.74, 6) is 0.827. The Labute approximate surface area is 107 Å². The molecular formula is C14H10N4O. The van der Waals surface area contributed by atoms with Crippen LogP contribution in [-0.2, 0) is 0 Å². The predicted octanol–water partition coefficient (Wildman–Crippen LogP) is 2.20. The van der Waals surface area contributed by atoms with Crippen molar-refractivity contribution in [3.63, 3.8) is 0 Å². The Hall–Kier alpha value is -2.82. The smallest absolute Gasteiger partial charge is 0.249 e. The molecule has 0 amide bonds. The molecule has 0 aliphatic heterocycles. The van der Waals surface area contributed by atoms with Crippen molar-refractivity contribution in [3.8, 4) is 5.82 Å². The minimum atomic E-state index is -0.115. The average Bonchev–Trinajstić information content (AvgIpc) is 3.03. The molecule has 0 radical (unpaired) electrons. The third kappa shape index (κ3) is 1.35. The molecule has 5 nitrogen and oxygen atoms in total. The molecule has 0 spiro atoms. The highest BCUT2D eigenvalue weighted by Gasteiger charge is 2.12. The molecule has 0 fully saturated rings. The van der Waals surface area contributed by atoms with Gasteiger partial charge in [0.25, 0.3) is 0 Å². The fourth-order valence-corrected chi connectivity index (χ4v) is 2.50. The van der Waals surface area contributed by atoms with Crippen LogP contribution in [0.25, 0.3) is 27.8 Å².